The van der Waals surface area contributed by atoms with Crippen LogP contribution in [0.15, 0.2) is 87.8 Å². The van der Waals surface area contributed by atoms with E-state index < -0.39 is 0 Å². The molecule has 3 aromatic heterocycles. The van der Waals surface area contributed by atoms with E-state index in [0.717, 1.165) is 50.3 Å². The molecular formula is C30H25NO2. The number of para-hydroxylation sites is 1. The van der Waals surface area contributed by atoms with Gasteiger partial charge in [-0.2, -0.15) is 0 Å². The van der Waals surface area contributed by atoms with Crippen molar-refractivity contribution in [1.29, 1.82) is 0 Å². The lowest BCUT2D eigenvalue weighted by molar-refractivity contribution is 0.567. The SMILES string of the molecule is Cc1c(-c2cc3ccnc(-c4cc(C(C)(C)C)c5ccccc5c4)c3o2)oc2ccccc12. The second-order valence-electron chi connectivity index (χ2n) is 9.74. The van der Waals surface area contributed by atoms with Gasteiger partial charge < -0.3 is 8.83 Å². The molecule has 0 atom stereocenters. The third-order valence-electron chi connectivity index (χ3n) is 6.44. The average molecular weight is 432 g/mol. The zero-order chi connectivity index (χ0) is 22.7. The fraction of sp³-hybridized carbons (Fsp3) is 0.167. The van der Waals surface area contributed by atoms with Crippen molar-refractivity contribution in [3.8, 4) is 22.8 Å². The summed E-state index contributed by atoms with van der Waals surface area (Å²) in [5, 5.41) is 4.61. The van der Waals surface area contributed by atoms with E-state index in [1.807, 2.05) is 30.5 Å². The number of hydrogen-bond acceptors (Lipinski definition) is 3. The van der Waals surface area contributed by atoms with Crippen LogP contribution in [0.1, 0.15) is 31.9 Å². The minimum atomic E-state index is 0.00320. The zero-order valence-electron chi connectivity index (χ0n) is 19.3. The van der Waals surface area contributed by atoms with Gasteiger partial charge in [0.1, 0.15) is 11.3 Å². The van der Waals surface area contributed by atoms with Crippen LogP contribution < -0.4 is 0 Å². The molecule has 0 N–H and O–H groups in total. The third kappa shape index (κ3) is 3.15. The molecular weight excluding hydrogens is 406 g/mol. The highest BCUT2D eigenvalue weighted by Gasteiger charge is 2.21. The van der Waals surface area contributed by atoms with E-state index in [0.29, 0.717) is 0 Å². The summed E-state index contributed by atoms with van der Waals surface area (Å²) in [6.07, 6.45) is 1.86. The smallest absolute Gasteiger partial charge is 0.173 e. The highest BCUT2D eigenvalue weighted by molar-refractivity contribution is 5.98. The van der Waals surface area contributed by atoms with Gasteiger partial charge in [0, 0.05) is 28.1 Å². The van der Waals surface area contributed by atoms with Gasteiger partial charge in [-0.3, -0.25) is 4.98 Å². The summed E-state index contributed by atoms with van der Waals surface area (Å²) in [5.41, 5.74) is 5.95. The maximum atomic E-state index is 6.43. The lowest BCUT2D eigenvalue weighted by Gasteiger charge is -2.22. The van der Waals surface area contributed by atoms with Gasteiger partial charge >= 0.3 is 0 Å². The Balaban J connectivity index is 1.58. The first-order valence-corrected chi connectivity index (χ1v) is 11.3. The Bertz CT molecular complexity index is 1660. The van der Waals surface area contributed by atoms with Gasteiger partial charge in [-0.15, -0.1) is 0 Å². The minimum Gasteiger partial charge on any atom is -0.452 e. The zero-order valence-corrected chi connectivity index (χ0v) is 19.3. The van der Waals surface area contributed by atoms with Crippen molar-refractivity contribution in [1.82, 2.24) is 4.98 Å². The first kappa shape index (κ1) is 19.8. The van der Waals surface area contributed by atoms with Crippen molar-refractivity contribution < 1.29 is 8.83 Å². The number of fused-ring (bicyclic) bond motifs is 3. The van der Waals surface area contributed by atoms with E-state index in [1.54, 1.807) is 0 Å². The topological polar surface area (TPSA) is 39.2 Å². The molecule has 0 aliphatic rings. The predicted molar refractivity (Wildman–Crippen MR) is 136 cm³/mol. The highest BCUT2D eigenvalue weighted by Crippen LogP contribution is 2.40. The molecule has 0 amide bonds. The van der Waals surface area contributed by atoms with Crippen LogP contribution in [-0.4, -0.2) is 4.98 Å². The third-order valence-corrected chi connectivity index (χ3v) is 6.44. The maximum absolute atomic E-state index is 6.43. The van der Waals surface area contributed by atoms with E-state index in [1.165, 1.54) is 16.3 Å². The summed E-state index contributed by atoms with van der Waals surface area (Å²) in [6, 6.07) is 25.2. The standard InChI is InChI=1S/C30H25NO2/c1-18-22-10-7-8-12-25(22)32-28(18)26-17-20-13-14-31-27(29(20)33-26)21-15-19-9-5-6-11-23(19)24(16-21)30(2,3)4/h5-17H,1-4H3. The first-order chi connectivity index (χ1) is 15.9. The highest BCUT2D eigenvalue weighted by atomic mass is 16.4. The second-order valence-corrected chi connectivity index (χ2v) is 9.74. The summed E-state index contributed by atoms with van der Waals surface area (Å²) in [6.45, 7) is 8.83. The Morgan fingerprint density at radius 3 is 2.30 bits per heavy atom. The number of hydrogen-bond donors (Lipinski definition) is 0. The van der Waals surface area contributed by atoms with Crippen LogP contribution in [0, 0.1) is 6.92 Å². The summed E-state index contributed by atoms with van der Waals surface area (Å²) < 4.78 is 12.6. The van der Waals surface area contributed by atoms with Gasteiger partial charge in [-0.05, 0) is 59.0 Å². The molecule has 6 rings (SSSR count). The number of pyridine rings is 1. The molecule has 0 spiro atoms. The lowest BCUT2D eigenvalue weighted by atomic mass is 9.82. The fourth-order valence-electron chi connectivity index (χ4n) is 4.76. The molecule has 0 saturated heterocycles. The molecule has 3 heterocycles. The normalized spacial score (nSPS) is 12.2. The van der Waals surface area contributed by atoms with Crippen molar-refractivity contribution in [3.05, 3.63) is 90.1 Å². The minimum absolute atomic E-state index is 0.00320. The van der Waals surface area contributed by atoms with E-state index in [4.69, 9.17) is 13.8 Å². The Morgan fingerprint density at radius 1 is 0.758 bits per heavy atom. The van der Waals surface area contributed by atoms with Crippen molar-refractivity contribution in [2.24, 2.45) is 0 Å². The van der Waals surface area contributed by atoms with Gasteiger partial charge in [0.2, 0.25) is 0 Å². The van der Waals surface area contributed by atoms with Crippen molar-refractivity contribution in [3.63, 3.8) is 0 Å². The van der Waals surface area contributed by atoms with Crippen LogP contribution in [0.2, 0.25) is 0 Å². The van der Waals surface area contributed by atoms with Gasteiger partial charge in [0.05, 0.1) is 0 Å². The van der Waals surface area contributed by atoms with Gasteiger partial charge in [0.25, 0.3) is 0 Å². The number of rotatable bonds is 2. The molecule has 3 aromatic carbocycles. The summed E-state index contributed by atoms with van der Waals surface area (Å²) in [4.78, 5) is 4.75. The fourth-order valence-corrected chi connectivity index (χ4v) is 4.76. The Kier molecular flexibility index (Phi) is 4.25. The second kappa shape index (κ2) is 7.08. The molecule has 0 unspecified atom stereocenters. The Labute approximate surface area is 192 Å². The van der Waals surface area contributed by atoms with Crippen LogP contribution >= 0.6 is 0 Å². The maximum Gasteiger partial charge on any atom is 0.173 e. The van der Waals surface area contributed by atoms with Crippen molar-refractivity contribution in [2.75, 3.05) is 0 Å². The molecule has 0 bridgehead atoms. The van der Waals surface area contributed by atoms with E-state index in [9.17, 15) is 0 Å². The van der Waals surface area contributed by atoms with Crippen LogP contribution in [0.4, 0.5) is 0 Å². The Morgan fingerprint density at radius 2 is 1.52 bits per heavy atom. The molecule has 0 aliphatic carbocycles. The number of furan rings is 2. The number of aryl methyl sites for hydroxylation is 1. The summed E-state index contributed by atoms with van der Waals surface area (Å²) in [5.74, 6) is 1.50. The summed E-state index contributed by atoms with van der Waals surface area (Å²) in [7, 11) is 0. The first-order valence-electron chi connectivity index (χ1n) is 11.3. The molecule has 3 nitrogen and oxygen atoms in total. The van der Waals surface area contributed by atoms with Gasteiger partial charge in [-0.25, -0.2) is 0 Å². The largest absolute Gasteiger partial charge is 0.452 e. The summed E-state index contributed by atoms with van der Waals surface area (Å²) >= 11 is 0. The van der Waals surface area contributed by atoms with Crippen LogP contribution in [0.5, 0.6) is 0 Å². The number of benzene rings is 3. The number of aromatic nitrogens is 1. The van der Waals surface area contributed by atoms with Crippen molar-refractivity contribution in [2.45, 2.75) is 33.1 Å². The van der Waals surface area contributed by atoms with E-state index >= 15 is 0 Å². The molecule has 0 aliphatic heterocycles. The van der Waals surface area contributed by atoms with Crippen LogP contribution in [0.25, 0.3) is 55.5 Å². The monoisotopic (exact) mass is 431 g/mol. The molecule has 162 valence electrons. The quantitative estimate of drug-likeness (QED) is 0.275. The molecule has 0 saturated carbocycles. The predicted octanol–water partition coefficient (Wildman–Crippen LogP) is 8.67. The molecule has 0 radical (unpaired) electrons. The molecule has 3 heteroatoms. The average Bonchev–Trinajstić information content (AvgIpc) is 3.39. The van der Waals surface area contributed by atoms with Crippen LogP contribution in [0.3, 0.4) is 0 Å². The van der Waals surface area contributed by atoms with Gasteiger partial charge in [0.15, 0.2) is 17.1 Å². The lowest BCUT2D eigenvalue weighted by Crippen LogP contribution is -2.12. The van der Waals surface area contributed by atoms with Crippen LogP contribution in [-0.2, 0) is 5.41 Å². The van der Waals surface area contributed by atoms with E-state index in [-0.39, 0.29) is 5.41 Å². The van der Waals surface area contributed by atoms with E-state index in [2.05, 4.69) is 76.2 Å². The Hall–Kier alpha value is -3.85. The number of nitrogens with zero attached hydrogens (tertiary/aromatic N) is 1. The molecule has 0 fully saturated rings. The molecule has 6 aromatic rings. The molecule has 33 heavy (non-hydrogen) atoms. The van der Waals surface area contributed by atoms with Crippen molar-refractivity contribution >= 4 is 32.7 Å². The van der Waals surface area contributed by atoms with Gasteiger partial charge in [-0.1, -0.05) is 63.2 Å².